The maximum atomic E-state index is 11.5. The Labute approximate surface area is 102 Å². The maximum absolute atomic E-state index is 11.5. The van der Waals surface area contributed by atoms with Gasteiger partial charge >= 0.3 is 5.97 Å². The van der Waals surface area contributed by atoms with E-state index >= 15 is 0 Å². The second-order valence-electron chi connectivity index (χ2n) is 4.53. The smallest absolute Gasteiger partial charge is 0.323 e. The van der Waals surface area contributed by atoms with Gasteiger partial charge in [0.15, 0.2) is 0 Å². The van der Waals surface area contributed by atoms with Gasteiger partial charge < -0.3 is 9.15 Å². The molecule has 4 heteroatoms. The summed E-state index contributed by atoms with van der Waals surface area (Å²) in [5.41, 5.74) is 0. The Bertz CT molecular complexity index is 361. The average molecular weight is 237 g/mol. The van der Waals surface area contributed by atoms with Gasteiger partial charge in [0.25, 0.3) is 0 Å². The number of esters is 1. The number of likely N-dealkylation sites (tertiary alicyclic amines) is 1. The van der Waals surface area contributed by atoms with E-state index in [2.05, 4.69) is 11.8 Å². The van der Waals surface area contributed by atoms with Crippen molar-refractivity contribution in [2.45, 2.75) is 38.3 Å². The fraction of sp³-hybridized carbons (Fsp3) is 0.615. The fourth-order valence-electron chi connectivity index (χ4n) is 2.30. The highest BCUT2D eigenvalue weighted by atomic mass is 16.5. The number of furan rings is 1. The summed E-state index contributed by atoms with van der Waals surface area (Å²) in [6.45, 7) is 3.14. The zero-order valence-electron chi connectivity index (χ0n) is 10.4. The molecular formula is C13H19NO3. The van der Waals surface area contributed by atoms with Crippen LogP contribution >= 0.6 is 0 Å². The quantitative estimate of drug-likeness (QED) is 0.733. The lowest BCUT2D eigenvalue weighted by Crippen LogP contribution is -2.56. The van der Waals surface area contributed by atoms with Crippen LogP contribution in [-0.4, -0.2) is 36.6 Å². The van der Waals surface area contributed by atoms with Crippen molar-refractivity contribution in [2.75, 3.05) is 13.7 Å². The van der Waals surface area contributed by atoms with Crippen LogP contribution in [0, 0.1) is 0 Å². The molecule has 1 saturated heterocycles. The standard InChI is InChI=1S/C13H19NO3/c1-10(5-6-11-4-3-9-17-11)14-8-7-12(14)13(15)16-2/h3-4,9-10,12H,5-8H2,1-2H3. The van der Waals surface area contributed by atoms with Gasteiger partial charge in [-0.15, -0.1) is 0 Å². The number of carbonyl (C=O) groups excluding carboxylic acids is 1. The first-order chi connectivity index (χ1) is 8.22. The number of nitrogens with zero attached hydrogens (tertiary/aromatic N) is 1. The SMILES string of the molecule is COC(=O)C1CCN1C(C)CCc1ccco1. The minimum absolute atomic E-state index is 0.0356. The summed E-state index contributed by atoms with van der Waals surface area (Å²) in [4.78, 5) is 13.7. The second kappa shape index (κ2) is 5.36. The summed E-state index contributed by atoms with van der Waals surface area (Å²) in [7, 11) is 1.45. The van der Waals surface area contributed by atoms with E-state index in [0.717, 1.165) is 31.6 Å². The van der Waals surface area contributed by atoms with E-state index in [0.29, 0.717) is 6.04 Å². The van der Waals surface area contributed by atoms with Crippen LogP contribution in [0.2, 0.25) is 0 Å². The van der Waals surface area contributed by atoms with Crippen molar-refractivity contribution in [1.82, 2.24) is 4.90 Å². The summed E-state index contributed by atoms with van der Waals surface area (Å²) < 4.78 is 10.1. The number of hydrogen-bond acceptors (Lipinski definition) is 4. The topological polar surface area (TPSA) is 42.7 Å². The largest absolute Gasteiger partial charge is 0.469 e. The van der Waals surface area contributed by atoms with Crippen LogP contribution in [0.3, 0.4) is 0 Å². The molecule has 1 fully saturated rings. The van der Waals surface area contributed by atoms with E-state index < -0.39 is 0 Å². The Morgan fingerprint density at radius 2 is 2.53 bits per heavy atom. The molecule has 1 aliphatic heterocycles. The molecule has 1 aromatic heterocycles. The van der Waals surface area contributed by atoms with Crippen LogP contribution in [0.4, 0.5) is 0 Å². The molecule has 0 N–H and O–H groups in total. The molecule has 2 atom stereocenters. The summed E-state index contributed by atoms with van der Waals surface area (Å²) in [5, 5.41) is 0. The number of rotatable bonds is 5. The predicted octanol–water partition coefficient (Wildman–Crippen LogP) is 1.85. The molecule has 0 amide bonds. The first-order valence-corrected chi connectivity index (χ1v) is 6.08. The van der Waals surface area contributed by atoms with Crippen molar-refractivity contribution in [1.29, 1.82) is 0 Å². The second-order valence-corrected chi connectivity index (χ2v) is 4.53. The number of aryl methyl sites for hydroxylation is 1. The maximum Gasteiger partial charge on any atom is 0.323 e. The molecule has 17 heavy (non-hydrogen) atoms. The molecule has 1 aliphatic rings. The Kier molecular flexibility index (Phi) is 3.84. The number of methoxy groups -OCH3 is 1. The number of ether oxygens (including phenoxy) is 1. The monoisotopic (exact) mass is 237 g/mol. The van der Waals surface area contributed by atoms with Gasteiger partial charge in [-0.25, -0.2) is 0 Å². The van der Waals surface area contributed by atoms with Crippen LogP contribution in [0.25, 0.3) is 0 Å². The highest BCUT2D eigenvalue weighted by Crippen LogP contribution is 2.24. The summed E-state index contributed by atoms with van der Waals surface area (Å²) in [6, 6.07) is 4.24. The Hall–Kier alpha value is -1.29. The average Bonchev–Trinajstić information content (AvgIpc) is 2.77. The van der Waals surface area contributed by atoms with E-state index in [1.807, 2.05) is 12.1 Å². The third kappa shape index (κ3) is 2.69. The lowest BCUT2D eigenvalue weighted by molar-refractivity contribution is -0.153. The molecule has 0 bridgehead atoms. The molecule has 2 heterocycles. The van der Waals surface area contributed by atoms with Gasteiger partial charge in [0.05, 0.1) is 13.4 Å². The van der Waals surface area contributed by atoms with E-state index in [9.17, 15) is 4.79 Å². The van der Waals surface area contributed by atoms with Crippen LogP contribution in [0.15, 0.2) is 22.8 Å². The minimum atomic E-state index is -0.110. The lowest BCUT2D eigenvalue weighted by Gasteiger charge is -2.43. The van der Waals surface area contributed by atoms with Crippen LogP contribution in [0.1, 0.15) is 25.5 Å². The molecule has 1 aromatic rings. The summed E-state index contributed by atoms with van der Waals surface area (Å²) in [5.74, 6) is 0.896. The first kappa shape index (κ1) is 12.2. The van der Waals surface area contributed by atoms with Crippen LogP contribution < -0.4 is 0 Å². The molecule has 2 unspecified atom stereocenters. The summed E-state index contributed by atoms with van der Waals surface area (Å²) >= 11 is 0. The zero-order valence-corrected chi connectivity index (χ0v) is 10.4. The first-order valence-electron chi connectivity index (χ1n) is 6.08. The Morgan fingerprint density at radius 3 is 3.06 bits per heavy atom. The van der Waals surface area contributed by atoms with Crippen LogP contribution in [-0.2, 0) is 16.0 Å². The highest BCUT2D eigenvalue weighted by Gasteiger charge is 2.37. The zero-order chi connectivity index (χ0) is 12.3. The third-order valence-electron chi connectivity index (χ3n) is 3.49. The van der Waals surface area contributed by atoms with E-state index in [-0.39, 0.29) is 12.0 Å². The lowest BCUT2D eigenvalue weighted by atomic mass is 9.98. The van der Waals surface area contributed by atoms with Crippen molar-refractivity contribution >= 4 is 5.97 Å². The van der Waals surface area contributed by atoms with Gasteiger partial charge in [0, 0.05) is 19.0 Å². The molecule has 2 rings (SSSR count). The predicted molar refractivity (Wildman–Crippen MR) is 63.6 cm³/mol. The number of carbonyl (C=O) groups is 1. The summed E-state index contributed by atoms with van der Waals surface area (Å²) in [6.07, 6.45) is 4.53. The van der Waals surface area contributed by atoms with Gasteiger partial charge in [-0.2, -0.15) is 0 Å². The number of hydrogen-bond donors (Lipinski definition) is 0. The molecule has 0 aliphatic carbocycles. The molecule has 0 saturated carbocycles. The molecule has 4 nitrogen and oxygen atoms in total. The van der Waals surface area contributed by atoms with Crippen molar-refractivity contribution in [3.63, 3.8) is 0 Å². The van der Waals surface area contributed by atoms with Gasteiger partial charge in [-0.1, -0.05) is 0 Å². The third-order valence-corrected chi connectivity index (χ3v) is 3.49. The van der Waals surface area contributed by atoms with Crippen molar-refractivity contribution in [3.05, 3.63) is 24.2 Å². The van der Waals surface area contributed by atoms with Gasteiger partial charge in [-0.3, -0.25) is 9.69 Å². The highest BCUT2D eigenvalue weighted by molar-refractivity contribution is 5.76. The van der Waals surface area contributed by atoms with Crippen LogP contribution in [0.5, 0.6) is 0 Å². The normalized spacial score (nSPS) is 21.9. The van der Waals surface area contributed by atoms with Crippen molar-refractivity contribution in [3.8, 4) is 0 Å². The van der Waals surface area contributed by atoms with E-state index in [4.69, 9.17) is 9.15 Å². The van der Waals surface area contributed by atoms with Crippen molar-refractivity contribution in [2.24, 2.45) is 0 Å². The van der Waals surface area contributed by atoms with Gasteiger partial charge in [-0.05, 0) is 31.9 Å². The van der Waals surface area contributed by atoms with Gasteiger partial charge in [0.1, 0.15) is 11.8 Å². The molecule has 0 radical (unpaired) electrons. The molecule has 94 valence electrons. The van der Waals surface area contributed by atoms with Crippen molar-refractivity contribution < 1.29 is 13.9 Å². The minimum Gasteiger partial charge on any atom is -0.469 e. The Morgan fingerprint density at radius 1 is 1.71 bits per heavy atom. The molecule has 0 spiro atoms. The molecule has 0 aromatic carbocycles. The Balaban J connectivity index is 1.80. The molecular weight excluding hydrogens is 218 g/mol. The van der Waals surface area contributed by atoms with E-state index in [1.165, 1.54) is 7.11 Å². The van der Waals surface area contributed by atoms with E-state index in [1.54, 1.807) is 6.26 Å². The van der Waals surface area contributed by atoms with Gasteiger partial charge in [0.2, 0.25) is 0 Å². The fourth-order valence-corrected chi connectivity index (χ4v) is 2.30.